The molecule has 0 aliphatic carbocycles. The molecule has 1 unspecified atom stereocenters. The van der Waals surface area contributed by atoms with Crippen molar-refractivity contribution in [2.24, 2.45) is 0 Å². The fourth-order valence-corrected chi connectivity index (χ4v) is 7.20. The van der Waals surface area contributed by atoms with Gasteiger partial charge in [-0.3, -0.25) is 4.90 Å². The monoisotopic (exact) mass is 633 g/mol. The van der Waals surface area contributed by atoms with E-state index in [1.807, 2.05) is 16.7 Å². The topological polar surface area (TPSA) is 116 Å². The van der Waals surface area contributed by atoms with Crippen molar-refractivity contribution in [3.05, 3.63) is 82.1 Å². The van der Waals surface area contributed by atoms with Crippen LogP contribution in [0.4, 0.5) is 24.7 Å². The molecule has 5 aromatic rings. The van der Waals surface area contributed by atoms with E-state index in [9.17, 15) is 23.5 Å². The number of nitrogens with one attached hydrogen (secondary N) is 1. The molecule has 6 rings (SSSR count). The molecule has 3 aromatic heterocycles. The summed E-state index contributed by atoms with van der Waals surface area (Å²) in [7, 11) is 0. The average molecular weight is 634 g/mol. The maximum absolute atomic E-state index is 12.9. The molecule has 0 saturated carbocycles. The summed E-state index contributed by atoms with van der Waals surface area (Å²) in [6.45, 7) is 6.49. The van der Waals surface area contributed by atoms with Gasteiger partial charge in [0.05, 0.1) is 18.4 Å². The van der Waals surface area contributed by atoms with Gasteiger partial charge in [-0.2, -0.15) is 18.4 Å². The number of nitriles is 1. The number of rotatable bonds is 8. The second-order valence-corrected chi connectivity index (χ2v) is 13.2. The van der Waals surface area contributed by atoms with Gasteiger partial charge >= 0.3 is 6.18 Å². The van der Waals surface area contributed by atoms with Crippen LogP contribution in [-0.4, -0.2) is 49.8 Å². The van der Waals surface area contributed by atoms with Crippen LogP contribution in [0.5, 0.6) is 0 Å². The van der Waals surface area contributed by atoms with Crippen molar-refractivity contribution in [2.45, 2.75) is 64.0 Å². The third-order valence-corrected chi connectivity index (χ3v) is 9.70. The number of aryl methyl sites for hydroxylation is 1. The van der Waals surface area contributed by atoms with Crippen LogP contribution in [-0.2, 0) is 25.1 Å². The minimum Gasteiger partial charge on any atom is -0.399 e. The van der Waals surface area contributed by atoms with Gasteiger partial charge in [-0.05, 0) is 73.7 Å². The molecule has 45 heavy (non-hydrogen) atoms. The minimum atomic E-state index is -4.27. The number of nitrogen functional groups attached to an aromatic ring is 1. The Kier molecular flexibility index (Phi) is 8.20. The van der Waals surface area contributed by atoms with Crippen LogP contribution in [0, 0.1) is 18.3 Å². The van der Waals surface area contributed by atoms with E-state index in [0.717, 1.165) is 65.8 Å². The van der Waals surface area contributed by atoms with Crippen LogP contribution in [0.1, 0.15) is 47.0 Å². The number of fused-ring (bicyclic) bond motifs is 2. The van der Waals surface area contributed by atoms with Crippen molar-refractivity contribution in [1.29, 1.82) is 5.26 Å². The summed E-state index contributed by atoms with van der Waals surface area (Å²) in [5, 5.41) is 26.4. The van der Waals surface area contributed by atoms with E-state index in [1.165, 1.54) is 11.9 Å². The quantitative estimate of drug-likeness (QED) is 0.167. The van der Waals surface area contributed by atoms with Crippen molar-refractivity contribution in [3.8, 4) is 6.07 Å². The summed E-state index contributed by atoms with van der Waals surface area (Å²) in [6, 6.07) is 17.2. The smallest absolute Gasteiger partial charge is 0.393 e. The van der Waals surface area contributed by atoms with E-state index in [4.69, 9.17) is 5.73 Å². The van der Waals surface area contributed by atoms with E-state index in [-0.39, 0.29) is 17.5 Å². The number of halogens is 3. The molecular weight excluding hydrogens is 599 g/mol. The molecule has 234 valence electrons. The van der Waals surface area contributed by atoms with Crippen molar-refractivity contribution >= 4 is 44.0 Å². The second kappa shape index (κ2) is 12.0. The van der Waals surface area contributed by atoms with Gasteiger partial charge in [0.2, 0.25) is 0 Å². The maximum Gasteiger partial charge on any atom is 0.393 e. The van der Waals surface area contributed by atoms with E-state index >= 15 is 0 Å². The molecule has 12 heteroatoms. The summed E-state index contributed by atoms with van der Waals surface area (Å²) >= 11 is 1.05. The Morgan fingerprint density at radius 2 is 1.82 bits per heavy atom. The van der Waals surface area contributed by atoms with Crippen molar-refractivity contribution in [1.82, 2.24) is 19.4 Å². The third kappa shape index (κ3) is 6.61. The summed E-state index contributed by atoms with van der Waals surface area (Å²) in [5.41, 5.74) is 9.63. The standard InChI is InChI=1S/C33H34F3N7OS/c1-20-21(3-8-29-27(20)13-25(16-37)43(29)18-32(2,44)22-4-6-23(38)7-5-22)17-42-11-9-24(10-12-42)41-30-28-14-26(15-33(34,35)36)45-31(28)40-19-39-30/h3-8,13-14,19,24,44H,9-12,15,17-18,38H2,1-2H3,(H,39,40,41). The summed E-state index contributed by atoms with van der Waals surface area (Å²) in [4.78, 5) is 11.7. The first-order chi connectivity index (χ1) is 21.4. The Morgan fingerprint density at radius 1 is 1.09 bits per heavy atom. The summed E-state index contributed by atoms with van der Waals surface area (Å²) < 4.78 is 40.7. The van der Waals surface area contributed by atoms with Gasteiger partial charge in [-0.15, -0.1) is 11.3 Å². The summed E-state index contributed by atoms with van der Waals surface area (Å²) in [6.07, 6.45) is -2.11. The number of benzene rings is 2. The third-order valence-electron chi connectivity index (χ3n) is 8.66. The number of alkyl halides is 3. The predicted octanol–water partition coefficient (Wildman–Crippen LogP) is 6.50. The number of hydrogen-bond donors (Lipinski definition) is 3. The molecule has 4 N–H and O–H groups in total. The van der Waals surface area contributed by atoms with E-state index in [1.54, 1.807) is 37.3 Å². The van der Waals surface area contributed by atoms with Crippen LogP contribution < -0.4 is 11.1 Å². The lowest BCUT2D eigenvalue weighted by molar-refractivity contribution is -0.126. The lowest BCUT2D eigenvalue weighted by Crippen LogP contribution is -2.39. The molecule has 1 aliphatic heterocycles. The Labute approximate surface area is 262 Å². The van der Waals surface area contributed by atoms with Gasteiger partial charge < -0.3 is 20.7 Å². The van der Waals surface area contributed by atoms with Crippen molar-refractivity contribution in [2.75, 3.05) is 24.1 Å². The molecule has 0 radical (unpaired) electrons. The Bertz CT molecular complexity index is 1880. The van der Waals surface area contributed by atoms with E-state index in [0.29, 0.717) is 27.4 Å². The molecule has 0 spiro atoms. The fraction of sp³-hybridized carbons (Fsp3) is 0.364. The molecule has 2 aromatic carbocycles. The SMILES string of the molecule is Cc1c(CN2CCC(Nc3ncnc4sc(CC(F)(F)F)cc34)CC2)ccc2c1cc(C#N)n2CC(C)(O)c1ccc(N)cc1. The first kappa shape index (κ1) is 30.8. The number of thiophene rings is 1. The molecule has 0 bridgehead atoms. The molecule has 8 nitrogen and oxygen atoms in total. The molecule has 1 fully saturated rings. The van der Waals surface area contributed by atoms with Gasteiger partial charge in [0.25, 0.3) is 0 Å². The first-order valence-corrected chi connectivity index (χ1v) is 15.6. The largest absolute Gasteiger partial charge is 0.399 e. The number of nitrogens with zero attached hydrogens (tertiary/aromatic N) is 5. The highest BCUT2D eigenvalue weighted by atomic mass is 32.1. The van der Waals surface area contributed by atoms with Crippen LogP contribution in [0.3, 0.4) is 0 Å². The maximum atomic E-state index is 12.9. The number of piperidine rings is 1. The number of anilines is 2. The molecule has 1 saturated heterocycles. The molecule has 4 heterocycles. The number of nitrogens with two attached hydrogens (primary N) is 1. The number of aliphatic hydroxyl groups is 1. The highest BCUT2D eigenvalue weighted by Crippen LogP contribution is 2.34. The van der Waals surface area contributed by atoms with Crippen molar-refractivity contribution in [3.63, 3.8) is 0 Å². The zero-order chi connectivity index (χ0) is 31.9. The highest BCUT2D eigenvalue weighted by Gasteiger charge is 2.30. The van der Waals surface area contributed by atoms with Crippen LogP contribution >= 0.6 is 11.3 Å². The van der Waals surface area contributed by atoms with E-state index in [2.05, 4.69) is 39.2 Å². The zero-order valence-electron chi connectivity index (χ0n) is 25.0. The Balaban J connectivity index is 1.13. The average Bonchev–Trinajstić information content (AvgIpc) is 3.56. The van der Waals surface area contributed by atoms with Gasteiger partial charge in [0, 0.05) is 47.1 Å². The Hall–Kier alpha value is -4.18. The van der Waals surface area contributed by atoms with Gasteiger partial charge in [0.15, 0.2) is 0 Å². The molecule has 1 atom stereocenters. The van der Waals surface area contributed by atoms with Gasteiger partial charge in [-0.25, -0.2) is 9.97 Å². The lowest BCUT2D eigenvalue weighted by atomic mass is 9.95. The molecule has 0 amide bonds. The number of hydrogen-bond acceptors (Lipinski definition) is 8. The normalized spacial score (nSPS) is 16.2. The highest BCUT2D eigenvalue weighted by molar-refractivity contribution is 7.18. The lowest BCUT2D eigenvalue weighted by Gasteiger charge is -2.33. The van der Waals surface area contributed by atoms with Crippen LogP contribution in [0.15, 0.2) is 54.9 Å². The van der Waals surface area contributed by atoms with Gasteiger partial charge in [-0.1, -0.05) is 18.2 Å². The van der Waals surface area contributed by atoms with Gasteiger partial charge in [0.1, 0.15) is 34.3 Å². The van der Waals surface area contributed by atoms with Crippen LogP contribution in [0.25, 0.3) is 21.1 Å². The molecule has 1 aliphatic rings. The number of likely N-dealkylation sites (tertiary alicyclic amines) is 1. The van der Waals surface area contributed by atoms with E-state index < -0.39 is 18.2 Å². The predicted molar refractivity (Wildman–Crippen MR) is 171 cm³/mol. The van der Waals surface area contributed by atoms with Crippen LogP contribution in [0.2, 0.25) is 0 Å². The van der Waals surface area contributed by atoms with Crippen molar-refractivity contribution < 1.29 is 18.3 Å². The number of aromatic nitrogens is 3. The minimum absolute atomic E-state index is 0.148. The first-order valence-electron chi connectivity index (χ1n) is 14.8. The zero-order valence-corrected chi connectivity index (χ0v) is 25.8. The summed E-state index contributed by atoms with van der Waals surface area (Å²) in [5.74, 6) is 0.581. The second-order valence-electron chi connectivity index (χ2n) is 12.0. The Morgan fingerprint density at radius 3 is 2.51 bits per heavy atom. The molecular formula is C33H34F3N7OS. The fourth-order valence-electron chi connectivity index (χ4n) is 6.17.